The van der Waals surface area contributed by atoms with Crippen LogP contribution in [0, 0.1) is 6.92 Å². The molecule has 2 aromatic heterocycles. The number of hydrogen-bond acceptors (Lipinski definition) is 4. The number of carbonyl (C=O) groups is 1. The second-order valence-electron chi connectivity index (χ2n) is 4.76. The molecule has 1 amide bonds. The molecule has 2 heterocycles. The Kier molecular flexibility index (Phi) is 4.87. The molecule has 0 unspecified atom stereocenters. The topological polar surface area (TPSA) is 66.9 Å². The number of anilines is 2. The number of aryl methyl sites for hydroxylation is 2. The van der Waals surface area contributed by atoms with Crippen molar-refractivity contribution >= 4 is 17.4 Å². The minimum Gasteiger partial charge on any atom is -0.370 e. The van der Waals surface area contributed by atoms with E-state index in [0.29, 0.717) is 5.56 Å². The SMILES string of the molecule is CCNc1cc(C(=O)Nc2ccncc2C)cc(CC)n1. The van der Waals surface area contributed by atoms with Gasteiger partial charge in [-0.1, -0.05) is 6.92 Å². The molecule has 0 aromatic carbocycles. The highest BCUT2D eigenvalue weighted by Crippen LogP contribution is 2.16. The van der Waals surface area contributed by atoms with Crippen LogP contribution in [0.4, 0.5) is 11.5 Å². The van der Waals surface area contributed by atoms with Crippen molar-refractivity contribution in [3.05, 3.63) is 47.4 Å². The minimum atomic E-state index is -0.138. The van der Waals surface area contributed by atoms with Gasteiger partial charge in [0.1, 0.15) is 5.82 Å². The van der Waals surface area contributed by atoms with Crippen LogP contribution in [-0.2, 0) is 6.42 Å². The maximum absolute atomic E-state index is 12.4. The van der Waals surface area contributed by atoms with E-state index >= 15 is 0 Å². The van der Waals surface area contributed by atoms with Crippen molar-refractivity contribution in [3.8, 4) is 0 Å². The zero-order chi connectivity index (χ0) is 15.2. The maximum Gasteiger partial charge on any atom is 0.255 e. The van der Waals surface area contributed by atoms with Gasteiger partial charge < -0.3 is 10.6 Å². The van der Waals surface area contributed by atoms with Crippen molar-refractivity contribution in [1.82, 2.24) is 9.97 Å². The predicted octanol–water partition coefficient (Wildman–Crippen LogP) is 3.03. The summed E-state index contributed by atoms with van der Waals surface area (Å²) in [6, 6.07) is 5.39. The summed E-state index contributed by atoms with van der Waals surface area (Å²) >= 11 is 0. The van der Waals surface area contributed by atoms with Gasteiger partial charge in [0.15, 0.2) is 0 Å². The average Bonchev–Trinajstić information content (AvgIpc) is 2.49. The zero-order valence-electron chi connectivity index (χ0n) is 12.6. The normalized spacial score (nSPS) is 10.2. The molecular weight excluding hydrogens is 264 g/mol. The van der Waals surface area contributed by atoms with Crippen LogP contribution in [0.1, 0.15) is 35.5 Å². The van der Waals surface area contributed by atoms with E-state index in [-0.39, 0.29) is 5.91 Å². The molecule has 5 nitrogen and oxygen atoms in total. The van der Waals surface area contributed by atoms with E-state index < -0.39 is 0 Å². The Balaban J connectivity index is 2.26. The predicted molar refractivity (Wildman–Crippen MR) is 84.7 cm³/mol. The molecule has 0 radical (unpaired) electrons. The monoisotopic (exact) mass is 284 g/mol. The van der Waals surface area contributed by atoms with Gasteiger partial charge in [0.2, 0.25) is 0 Å². The lowest BCUT2D eigenvalue weighted by atomic mass is 10.1. The summed E-state index contributed by atoms with van der Waals surface area (Å²) in [7, 11) is 0. The lowest BCUT2D eigenvalue weighted by Crippen LogP contribution is -2.14. The number of nitrogens with zero attached hydrogens (tertiary/aromatic N) is 2. The molecule has 0 saturated carbocycles. The molecule has 2 aromatic rings. The lowest BCUT2D eigenvalue weighted by Gasteiger charge is -2.10. The fraction of sp³-hybridized carbons (Fsp3) is 0.312. The van der Waals surface area contributed by atoms with Gasteiger partial charge in [-0.05, 0) is 44.0 Å². The Labute approximate surface area is 124 Å². The highest BCUT2D eigenvalue weighted by atomic mass is 16.1. The number of aromatic nitrogens is 2. The molecule has 0 aliphatic heterocycles. The molecule has 0 spiro atoms. The Hall–Kier alpha value is -2.43. The minimum absolute atomic E-state index is 0.138. The van der Waals surface area contributed by atoms with Crippen molar-refractivity contribution in [2.24, 2.45) is 0 Å². The Morgan fingerprint density at radius 3 is 2.76 bits per heavy atom. The smallest absolute Gasteiger partial charge is 0.255 e. The Bertz CT molecular complexity index is 640. The summed E-state index contributed by atoms with van der Waals surface area (Å²) in [5, 5.41) is 6.06. The fourth-order valence-corrected chi connectivity index (χ4v) is 1.98. The van der Waals surface area contributed by atoms with Gasteiger partial charge in [-0.2, -0.15) is 0 Å². The highest BCUT2D eigenvalue weighted by Gasteiger charge is 2.10. The fourth-order valence-electron chi connectivity index (χ4n) is 1.98. The summed E-state index contributed by atoms with van der Waals surface area (Å²) in [6.45, 7) is 6.70. The molecule has 0 aliphatic carbocycles. The first kappa shape index (κ1) is 15.0. The largest absolute Gasteiger partial charge is 0.370 e. The molecule has 0 saturated heterocycles. The van der Waals surface area contributed by atoms with Crippen molar-refractivity contribution in [1.29, 1.82) is 0 Å². The summed E-state index contributed by atoms with van der Waals surface area (Å²) < 4.78 is 0. The van der Waals surface area contributed by atoms with E-state index in [2.05, 4.69) is 20.6 Å². The molecule has 5 heteroatoms. The quantitative estimate of drug-likeness (QED) is 0.885. The van der Waals surface area contributed by atoms with E-state index in [4.69, 9.17) is 0 Å². The van der Waals surface area contributed by atoms with E-state index in [0.717, 1.165) is 35.7 Å². The second kappa shape index (κ2) is 6.83. The third-order valence-electron chi connectivity index (χ3n) is 3.13. The van der Waals surface area contributed by atoms with E-state index in [1.165, 1.54) is 0 Å². The molecular formula is C16H20N4O. The third kappa shape index (κ3) is 3.78. The van der Waals surface area contributed by atoms with Crippen LogP contribution in [0.25, 0.3) is 0 Å². The molecule has 0 atom stereocenters. The van der Waals surface area contributed by atoms with Gasteiger partial charge in [-0.15, -0.1) is 0 Å². The first-order chi connectivity index (χ1) is 10.1. The second-order valence-corrected chi connectivity index (χ2v) is 4.76. The van der Waals surface area contributed by atoms with Crippen LogP contribution < -0.4 is 10.6 Å². The van der Waals surface area contributed by atoms with Gasteiger partial charge in [-0.3, -0.25) is 9.78 Å². The maximum atomic E-state index is 12.4. The van der Waals surface area contributed by atoms with Gasteiger partial charge in [0, 0.05) is 35.9 Å². The lowest BCUT2D eigenvalue weighted by molar-refractivity contribution is 0.102. The number of carbonyl (C=O) groups excluding carboxylic acids is 1. The van der Waals surface area contributed by atoms with Crippen LogP contribution in [0.3, 0.4) is 0 Å². The Morgan fingerprint density at radius 2 is 2.10 bits per heavy atom. The van der Waals surface area contributed by atoms with E-state index in [1.807, 2.05) is 26.8 Å². The average molecular weight is 284 g/mol. The summed E-state index contributed by atoms with van der Waals surface area (Å²) in [4.78, 5) is 20.9. The van der Waals surface area contributed by atoms with Crippen molar-refractivity contribution in [3.63, 3.8) is 0 Å². The summed E-state index contributed by atoms with van der Waals surface area (Å²) in [5.41, 5.74) is 3.21. The molecule has 21 heavy (non-hydrogen) atoms. The first-order valence-corrected chi connectivity index (χ1v) is 7.10. The molecule has 2 rings (SSSR count). The first-order valence-electron chi connectivity index (χ1n) is 7.10. The number of pyridine rings is 2. The van der Waals surface area contributed by atoms with Crippen molar-refractivity contribution in [2.45, 2.75) is 27.2 Å². The van der Waals surface area contributed by atoms with Crippen molar-refractivity contribution < 1.29 is 4.79 Å². The van der Waals surface area contributed by atoms with Gasteiger partial charge in [0.05, 0.1) is 0 Å². The van der Waals surface area contributed by atoms with Crippen molar-refractivity contribution in [2.75, 3.05) is 17.2 Å². The van der Waals surface area contributed by atoms with Gasteiger partial charge in [-0.25, -0.2) is 4.98 Å². The molecule has 2 N–H and O–H groups in total. The molecule has 0 aliphatic rings. The summed E-state index contributed by atoms with van der Waals surface area (Å²) in [6.07, 6.45) is 4.17. The standard InChI is InChI=1S/C16H20N4O/c1-4-13-8-12(9-15(19-13)18-5-2)16(21)20-14-6-7-17-10-11(14)3/h6-10H,4-5H2,1-3H3,(H,18,19)(H,17,20,21). The van der Waals surface area contributed by atoms with Gasteiger partial charge >= 0.3 is 0 Å². The number of hydrogen-bond donors (Lipinski definition) is 2. The van der Waals surface area contributed by atoms with Crippen LogP contribution >= 0.6 is 0 Å². The van der Waals surface area contributed by atoms with Crippen LogP contribution in [0.15, 0.2) is 30.6 Å². The van der Waals surface area contributed by atoms with E-state index in [9.17, 15) is 4.79 Å². The number of rotatable bonds is 5. The third-order valence-corrected chi connectivity index (χ3v) is 3.13. The molecule has 110 valence electrons. The number of amides is 1. The molecule has 0 fully saturated rings. The van der Waals surface area contributed by atoms with Gasteiger partial charge in [0.25, 0.3) is 5.91 Å². The summed E-state index contributed by atoms with van der Waals surface area (Å²) in [5.74, 6) is 0.592. The molecule has 0 bridgehead atoms. The highest BCUT2D eigenvalue weighted by molar-refractivity contribution is 6.05. The van der Waals surface area contributed by atoms with Crippen LogP contribution in [0.2, 0.25) is 0 Å². The van der Waals surface area contributed by atoms with E-state index in [1.54, 1.807) is 24.5 Å². The van der Waals surface area contributed by atoms with Crippen LogP contribution in [-0.4, -0.2) is 22.4 Å². The number of nitrogens with one attached hydrogen (secondary N) is 2. The zero-order valence-corrected chi connectivity index (χ0v) is 12.6. The van der Waals surface area contributed by atoms with Crippen LogP contribution in [0.5, 0.6) is 0 Å². The Morgan fingerprint density at radius 1 is 1.29 bits per heavy atom.